The third kappa shape index (κ3) is 3.10. The average molecular weight is 568 g/mol. The highest BCUT2D eigenvalue weighted by Gasteiger charge is 2.26. The van der Waals surface area contributed by atoms with Gasteiger partial charge in [-0.2, -0.15) is 0 Å². The SMILES string of the molecule is c1ccc(-n2c3ccccc3c3ccc4c5ccccc5n(-c5nc6c7c(cccc7n5)Sc5ncccc5-6)c4c32)cc1. The van der Waals surface area contributed by atoms with Crippen LogP contribution in [-0.4, -0.2) is 24.1 Å². The van der Waals surface area contributed by atoms with Crippen molar-refractivity contribution in [2.45, 2.75) is 9.92 Å². The van der Waals surface area contributed by atoms with Crippen molar-refractivity contribution in [1.82, 2.24) is 24.1 Å². The van der Waals surface area contributed by atoms with Gasteiger partial charge in [0.05, 0.1) is 33.3 Å². The van der Waals surface area contributed by atoms with Crippen molar-refractivity contribution in [1.29, 1.82) is 0 Å². The van der Waals surface area contributed by atoms with E-state index in [1.807, 2.05) is 12.3 Å². The Hall–Kier alpha value is -5.46. The van der Waals surface area contributed by atoms with Crippen molar-refractivity contribution in [3.63, 3.8) is 0 Å². The van der Waals surface area contributed by atoms with Crippen molar-refractivity contribution in [2.75, 3.05) is 0 Å². The minimum Gasteiger partial charge on any atom is -0.307 e. The lowest BCUT2D eigenvalue weighted by Gasteiger charge is -2.19. The lowest BCUT2D eigenvalue weighted by atomic mass is 10.1. The van der Waals surface area contributed by atoms with Gasteiger partial charge in [-0.15, -0.1) is 0 Å². The Kier molecular flexibility index (Phi) is 4.59. The summed E-state index contributed by atoms with van der Waals surface area (Å²) >= 11 is 1.69. The van der Waals surface area contributed by atoms with Crippen molar-refractivity contribution >= 4 is 66.3 Å². The summed E-state index contributed by atoms with van der Waals surface area (Å²) in [6.07, 6.45) is 1.85. The number of fused-ring (bicyclic) bond motifs is 9. The Labute approximate surface area is 250 Å². The van der Waals surface area contributed by atoms with Gasteiger partial charge in [-0.25, -0.2) is 15.0 Å². The highest BCUT2D eigenvalue weighted by Crippen LogP contribution is 2.47. The fourth-order valence-corrected chi connectivity index (χ4v) is 7.88. The van der Waals surface area contributed by atoms with Crippen LogP contribution in [0.1, 0.15) is 0 Å². The van der Waals surface area contributed by atoms with E-state index >= 15 is 0 Å². The van der Waals surface area contributed by atoms with E-state index in [4.69, 9.17) is 15.0 Å². The first kappa shape index (κ1) is 23.1. The Morgan fingerprint density at radius 2 is 1.23 bits per heavy atom. The monoisotopic (exact) mass is 567 g/mol. The molecule has 43 heavy (non-hydrogen) atoms. The quantitative estimate of drug-likeness (QED) is 0.209. The molecule has 5 nitrogen and oxygen atoms in total. The number of hydrogen-bond acceptors (Lipinski definition) is 4. The molecule has 1 aliphatic rings. The Balaban J connectivity index is 1.43. The van der Waals surface area contributed by atoms with Gasteiger partial charge in [0.15, 0.2) is 0 Å². The number of para-hydroxylation sites is 3. The molecule has 5 aromatic carbocycles. The van der Waals surface area contributed by atoms with E-state index in [1.54, 1.807) is 11.8 Å². The van der Waals surface area contributed by atoms with Gasteiger partial charge in [0.1, 0.15) is 5.03 Å². The maximum absolute atomic E-state index is 5.37. The molecule has 6 heteroatoms. The molecule has 0 unspecified atom stereocenters. The Morgan fingerprint density at radius 3 is 2.02 bits per heavy atom. The maximum atomic E-state index is 5.37. The molecule has 0 N–H and O–H groups in total. The highest BCUT2D eigenvalue weighted by atomic mass is 32.2. The molecule has 0 saturated heterocycles. The summed E-state index contributed by atoms with van der Waals surface area (Å²) in [6.45, 7) is 0. The number of hydrogen-bond donors (Lipinski definition) is 0. The lowest BCUT2D eigenvalue weighted by molar-refractivity contribution is 1.00. The van der Waals surface area contributed by atoms with Crippen molar-refractivity contribution < 1.29 is 0 Å². The first-order chi connectivity index (χ1) is 21.3. The van der Waals surface area contributed by atoms with Crippen LogP contribution in [0.5, 0.6) is 0 Å². The zero-order valence-corrected chi connectivity index (χ0v) is 23.6. The van der Waals surface area contributed by atoms with Gasteiger partial charge in [-0.05, 0) is 48.5 Å². The third-order valence-corrected chi connectivity index (χ3v) is 9.67. The molecule has 9 aromatic rings. The van der Waals surface area contributed by atoms with Crippen LogP contribution in [-0.2, 0) is 0 Å². The summed E-state index contributed by atoms with van der Waals surface area (Å²) in [5.74, 6) is 0.657. The first-order valence-corrected chi connectivity index (χ1v) is 15.1. The minimum atomic E-state index is 0.657. The second-order valence-electron chi connectivity index (χ2n) is 10.9. The predicted molar refractivity (Wildman–Crippen MR) is 176 cm³/mol. The molecular weight excluding hydrogens is 547 g/mol. The highest BCUT2D eigenvalue weighted by molar-refractivity contribution is 7.99. The molecule has 0 fully saturated rings. The summed E-state index contributed by atoms with van der Waals surface area (Å²) in [5, 5.41) is 6.82. The smallest absolute Gasteiger partial charge is 0.235 e. The van der Waals surface area contributed by atoms with Crippen LogP contribution in [0, 0.1) is 0 Å². The van der Waals surface area contributed by atoms with E-state index in [-0.39, 0.29) is 0 Å². The van der Waals surface area contributed by atoms with E-state index in [0.29, 0.717) is 5.95 Å². The van der Waals surface area contributed by atoms with Gasteiger partial charge in [-0.1, -0.05) is 84.6 Å². The summed E-state index contributed by atoms with van der Waals surface area (Å²) in [7, 11) is 0. The first-order valence-electron chi connectivity index (χ1n) is 14.3. The molecule has 5 heterocycles. The maximum Gasteiger partial charge on any atom is 0.235 e. The van der Waals surface area contributed by atoms with Gasteiger partial charge in [-0.3, -0.25) is 4.57 Å². The lowest BCUT2D eigenvalue weighted by Crippen LogP contribution is -2.07. The summed E-state index contributed by atoms with van der Waals surface area (Å²) in [5.41, 5.74) is 8.51. The molecule has 0 amide bonds. The average Bonchev–Trinajstić information content (AvgIpc) is 3.58. The van der Waals surface area contributed by atoms with Gasteiger partial charge < -0.3 is 4.57 Å². The van der Waals surface area contributed by atoms with E-state index < -0.39 is 0 Å². The molecule has 0 spiro atoms. The van der Waals surface area contributed by atoms with Crippen molar-refractivity contribution in [2.24, 2.45) is 0 Å². The van der Waals surface area contributed by atoms with Crippen molar-refractivity contribution in [3.05, 3.63) is 128 Å². The largest absolute Gasteiger partial charge is 0.307 e. The number of pyridine rings is 1. The van der Waals surface area contributed by atoms with E-state index in [9.17, 15) is 0 Å². The molecule has 0 radical (unpaired) electrons. The van der Waals surface area contributed by atoms with Gasteiger partial charge in [0.2, 0.25) is 5.95 Å². The standard InChI is InChI=1S/C37H21N5S/c1-2-10-22(11-3-1)41-29-16-6-4-12-23(29)25-19-20-26-24-13-5-7-17-30(24)42(35(26)34(25)41)37-39-28-15-8-18-31-32(28)33(40-37)27-14-9-21-38-36(27)43-31/h1-21H. The van der Waals surface area contributed by atoms with Crippen LogP contribution in [0.4, 0.5) is 0 Å². The summed E-state index contributed by atoms with van der Waals surface area (Å²) in [4.78, 5) is 16.5. The van der Waals surface area contributed by atoms with Gasteiger partial charge in [0.25, 0.3) is 0 Å². The van der Waals surface area contributed by atoms with Crippen molar-refractivity contribution in [3.8, 4) is 22.9 Å². The van der Waals surface area contributed by atoms with E-state index in [0.717, 1.165) is 54.3 Å². The Morgan fingerprint density at radius 1 is 0.535 bits per heavy atom. The van der Waals surface area contributed by atoms with Crippen LogP contribution < -0.4 is 0 Å². The van der Waals surface area contributed by atoms with E-state index in [1.165, 1.54) is 27.1 Å². The molecule has 0 atom stereocenters. The zero-order valence-electron chi connectivity index (χ0n) is 22.8. The van der Waals surface area contributed by atoms with Crippen LogP contribution in [0.2, 0.25) is 0 Å². The molecule has 0 aliphatic carbocycles. The molecule has 0 saturated carbocycles. The molecular formula is C37H21N5S. The molecule has 10 rings (SSSR count). The fraction of sp³-hybridized carbons (Fsp3) is 0. The fourth-order valence-electron chi connectivity index (χ4n) is 6.83. The molecule has 0 bridgehead atoms. The van der Waals surface area contributed by atoms with E-state index in [2.05, 4.69) is 124 Å². The minimum absolute atomic E-state index is 0.657. The number of nitrogens with zero attached hydrogens (tertiary/aromatic N) is 5. The second-order valence-corrected chi connectivity index (χ2v) is 11.9. The molecule has 200 valence electrons. The number of aromatic nitrogens is 5. The van der Waals surface area contributed by atoms with Gasteiger partial charge in [0, 0.05) is 49.3 Å². The molecule has 1 aliphatic heterocycles. The summed E-state index contributed by atoms with van der Waals surface area (Å²) in [6, 6.07) is 42.8. The zero-order chi connectivity index (χ0) is 28.1. The number of benzene rings is 5. The normalized spacial score (nSPS) is 12.6. The second kappa shape index (κ2) is 8.53. The third-order valence-electron chi connectivity index (χ3n) is 8.59. The summed E-state index contributed by atoms with van der Waals surface area (Å²) < 4.78 is 4.66. The Bertz CT molecular complexity index is 2600. The van der Waals surface area contributed by atoms with Crippen LogP contribution in [0.15, 0.2) is 137 Å². The molecule has 4 aromatic heterocycles. The van der Waals surface area contributed by atoms with Crippen LogP contribution >= 0.6 is 11.8 Å². The van der Waals surface area contributed by atoms with Crippen LogP contribution in [0.3, 0.4) is 0 Å². The number of rotatable bonds is 2. The predicted octanol–water partition coefficient (Wildman–Crippen LogP) is 9.35. The topological polar surface area (TPSA) is 48.5 Å². The van der Waals surface area contributed by atoms with Crippen LogP contribution in [0.25, 0.3) is 77.4 Å². The van der Waals surface area contributed by atoms with Gasteiger partial charge >= 0.3 is 0 Å².